The van der Waals surface area contributed by atoms with Gasteiger partial charge in [0.05, 0.1) is 0 Å². The van der Waals surface area contributed by atoms with Crippen molar-refractivity contribution in [2.75, 3.05) is 19.0 Å². The average Bonchev–Trinajstić information content (AvgIpc) is 2.96. The maximum atomic E-state index is 11.9. The fraction of sp³-hybridized carbons (Fsp3) is 0.923. The quantitative estimate of drug-likeness (QED) is 0.695. The third-order valence-electron chi connectivity index (χ3n) is 4.10. The number of hydrogen-bond donors (Lipinski definition) is 0. The molecule has 1 aliphatic carbocycles. The lowest BCUT2D eigenvalue weighted by Gasteiger charge is -2.17. The molecule has 1 amide bonds. The van der Waals surface area contributed by atoms with E-state index in [1.807, 2.05) is 4.90 Å². The highest BCUT2D eigenvalue weighted by atomic mass is 35.5. The molecule has 16 heavy (non-hydrogen) atoms. The van der Waals surface area contributed by atoms with Gasteiger partial charge in [-0.2, -0.15) is 0 Å². The van der Waals surface area contributed by atoms with E-state index in [1.54, 1.807) is 0 Å². The number of hydrogen-bond acceptors (Lipinski definition) is 1. The van der Waals surface area contributed by atoms with Crippen molar-refractivity contribution in [1.82, 2.24) is 4.90 Å². The zero-order valence-electron chi connectivity index (χ0n) is 9.96. The minimum absolute atomic E-state index is 0.361. The summed E-state index contributed by atoms with van der Waals surface area (Å²) in [4.78, 5) is 14.0. The highest BCUT2D eigenvalue weighted by Gasteiger charge is 2.26. The molecule has 2 aliphatic rings. The van der Waals surface area contributed by atoms with Crippen molar-refractivity contribution in [1.29, 1.82) is 0 Å². The Morgan fingerprint density at radius 1 is 1.19 bits per heavy atom. The molecule has 0 radical (unpaired) electrons. The van der Waals surface area contributed by atoms with Crippen LogP contribution >= 0.6 is 11.6 Å². The second-order valence-electron chi connectivity index (χ2n) is 5.34. The molecule has 0 spiro atoms. The molecule has 1 aliphatic heterocycles. The number of carbonyl (C=O) groups excluding carboxylic acids is 1. The number of likely N-dealkylation sites (tertiary alicyclic amines) is 1. The summed E-state index contributed by atoms with van der Waals surface area (Å²) in [6.07, 6.45) is 8.40. The predicted molar refractivity (Wildman–Crippen MR) is 66.6 cm³/mol. The molecule has 0 bridgehead atoms. The first-order valence-corrected chi connectivity index (χ1v) is 7.17. The topological polar surface area (TPSA) is 20.3 Å². The van der Waals surface area contributed by atoms with Crippen LogP contribution in [0.2, 0.25) is 0 Å². The smallest absolute Gasteiger partial charge is 0.222 e. The minimum atomic E-state index is 0.361. The first-order chi connectivity index (χ1) is 7.79. The Morgan fingerprint density at radius 2 is 1.94 bits per heavy atom. The van der Waals surface area contributed by atoms with Gasteiger partial charge in [-0.1, -0.05) is 25.7 Å². The van der Waals surface area contributed by atoms with Gasteiger partial charge in [-0.25, -0.2) is 0 Å². The van der Waals surface area contributed by atoms with E-state index in [0.717, 1.165) is 38.3 Å². The Hall–Kier alpha value is -0.240. The summed E-state index contributed by atoms with van der Waals surface area (Å²) >= 11 is 5.82. The molecule has 1 unspecified atom stereocenters. The normalized spacial score (nSPS) is 26.6. The molecule has 0 N–H and O–H groups in total. The first kappa shape index (κ1) is 12.2. The van der Waals surface area contributed by atoms with Gasteiger partial charge in [-0.3, -0.25) is 4.79 Å². The van der Waals surface area contributed by atoms with E-state index in [-0.39, 0.29) is 0 Å². The van der Waals surface area contributed by atoms with Gasteiger partial charge >= 0.3 is 0 Å². The van der Waals surface area contributed by atoms with Crippen molar-refractivity contribution < 1.29 is 4.79 Å². The van der Waals surface area contributed by atoms with Crippen LogP contribution in [0.1, 0.15) is 44.9 Å². The molecule has 92 valence electrons. The zero-order valence-corrected chi connectivity index (χ0v) is 10.7. The van der Waals surface area contributed by atoms with Crippen molar-refractivity contribution in [3.05, 3.63) is 0 Å². The summed E-state index contributed by atoms with van der Waals surface area (Å²) in [6.45, 7) is 1.83. The lowest BCUT2D eigenvalue weighted by molar-refractivity contribution is -0.130. The van der Waals surface area contributed by atoms with E-state index in [2.05, 4.69) is 0 Å². The minimum Gasteiger partial charge on any atom is -0.342 e. The van der Waals surface area contributed by atoms with Crippen LogP contribution in [0.15, 0.2) is 0 Å². The molecule has 3 heteroatoms. The average molecular weight is 244 g/mol. The van der Waals surface area contributed by atoms with Crippen molar-refractivity contribution in [3.63, 3.8) is 0 Å². The van der Waals surface area contributed by atoms with E-state index in [4.69, 9.17) is 11.6 Å². The number of rotatable bonds is 4. The second-order valence-corrected chi connectivity index (χ2v) is 5.65. The summed E-state index contributed by atoms with van der Waals surface area (Å²) in [6, 6.07) is 0. The van der Waals surface area contributed by atoms with Crippen LogP contribution in [0.25, 0.3) is 0 Å². The third-order valence-corrected chi connectivity index (χ3v) is 4.53. The largest absolute Gasteiger partial charge is 0.342 e. The van der Waals surface area contributed by atoms with Crippen LogP contribution in [0, 0.1) is 11.8 Å². The Balaban J connectivity index is 1.67. The van der Waals surface area contributed by atoms with E-state index in [0.29, 0.717) is 17.7 Å². The summed E-state index contributed by atoms with van der Waals surface area (Å²) in [7, 11) is 0. The van der Waals surface area contributed by atoms with Gasteiger partial charge in [-0.15, -0.1) is 11.6 Å². The molecule has 0 aromatic rings. The highest BCUT2D eigenvalue weighted by Crippen LogP contribution is 2.29. The monoisotopic (exact) mass is 243 g/mol. The maximum Gasteiger partial charge on any atom is 0.222 e. The van der Waals surface area contributed by atoms with Crippen LogP contribution in [-0.2, 0) is 4.79 Å². The zero-order chi connectivity index (χ0) is 11.4. The molecule has 0 aromatic carbocycles. The van der Waals surface area contributed by atoms with Crippen LogP contribution in [0.4, 0.5) is 0 Å². The van der Waals surface area contributed by atoms with Crippen LogP contribution in [0.3, 0.4) is 0 Å². The number of carbonyl (C=O) groups is 1. The van der Waals surface area contributed by atoms with E-state index >= 15 is 0 Å². The summed E-state index contributed by atoms with van der Waals surface area (Å²) < 4.78 is 0. The van der Waals surface area contributed by atoms with Crippen molar-refractivity contribution in [2.45, 2.75) is 44.9 Å². The molecule has 1 heterocycles. The molecule has 0 aromatic heterocycles. The van der Waals surface area contributed by atoms with E-state index < -0.39 is 0 Å². The SMILES string of the molecule is O=C(CCC1CCCC1)N1CCC(CCl)C1. The van der Waals surface area contributed by atoms with Gasteiger partial charge < -0.3 is 4.90 Å². The fourth-order valence-corrected chi connectivity index (χ4v) is 3.22. The molecule has 1 saturated heterocycles. The number of nitrogens with zero attached hydrogens (tertiary/aromatic N) is 1. The lowest BCUT2D eigenvalue weighted by atomic mass is 10.0. The Kier molecular flexibility index (Phi) is 4.51. The van der Waals surface area contributed by atoms with Gasteiger partial charge in [-0.05, 0) is 24.7 Å². The standard InChI is InChI=1S/C13H22ClNO/c14-9-12-7-8-15(10-12)13(16)6-5-11-3-1-2-4-11/h11-12H,1-10H2. The second kappa shape index (κ2) is 5.90. The first-order valence-electron chi connectivity index (χ1n) is 6.63. The van der Waals surface area contributed by atoms with Gasteiger partial charge in [0, 0.05) is 25.4 Å². The molecular formula is C13H22ClNO. The summed E-state index contributed by atoms with van der Waals surface area (Å²) in [5, 5.41) is 0. The highest BCUT2D eigenvalue weighted by molar-refractivity contribution is 6.18. The number of amides is 1. The van der Waals surface area contributed by atoms with Gasteiger partial charge in [0.1, 0.15) is 0 Å². The number of halogens is 1. The molecule has 2 rings (SSSR count). The number of alkyl halides is 1. The Morgan fingerprint density at radius 3 is 2.56 bits per heavy atom. The molecule has 2 nitrogen and oxygen atoms in total. The van der Waals surface area contributed by atoms with Crippen molar-refractivity contribution in [3.8, 4) is 0 Å². The Bertz CT molecular complexity index is 238. The van der Waals surface area contributed by atoms with Crippen molar-refractivity contribution >= 4 is 17.5 Å². The molecule has 2 fully saturated rings. The van der Waals surface area contributed by atoms with Gasteiger partial charge in [0.2, 0.25) is 5.91 Å². The summed E-state index contributed by atoms with van der Waals surface area (Å²) in [5.41, 5.74) is 0. The third kappa shape index (κ3) is 3.13. The van der Waals surface area contributed by atoms with Gasteiger partial charge in [0.15, 0.2) is 0 Å². The van der Waals surface area contributed by atoms with Crippen LogP contribution in [0.5, 0.6) is 0 Å². The lowest BCUT2D eigenvalue weighted by Crippen LogP contribution is -2.29. The summed E-state index contributed by atoms with van der Waals surface area (Å²) in [5.74, 6) is 2.43. The van der Waals surface area contributed by atoms with Crippen LogP contribution < -0.4 is 0 Å². The molecule has 1 atom stereocenters. The van der Waals surface area contributed by atoms with Crippen molar-refractivity contribution in [2.24, 2.45) is 11.8 Å². The Labute approximate surface area is 103 Å². The van der Waals surface area contributed by atoms with E-state index in [9.17, 15) is 4.79 Å². The molecular weight excluding hydrogens is 222 g/mol. The maximum absolute atomic E-state index is 11.9. The van der Waals surface area contributed by atoms with E-state index in [1.165, 1.54) is 25.7 Å². The van der Waals surface area contributed by atoms with Crippen LogP contribution in [-0.4, -0.2) is 29.8 Å². The predicted octanol–water partition coefficient (Wildman–Crippen LogP) is 3.04. The fourth-order valence-electron chi connectivity index (χ4n) is 2.97. The molecule has 1 saturated carbocycles. The van der Waals surface area contributed by atoms with Gasteiger partial charge in [0.25, 0.3) is 0 Å².